The highest BCUT2D eigenvalue weighted by Crippen LogP contribution is 2.37. The van der Waals surface area contributed by atoms with Crippen molar-refractivity contribution in [2.45, 2.75) is 19.5 Å². The van der Waals surface area contributed by atoms with Gasteiger partial charge in [-0.05, 0) is 63.3 Å². The average molecular weight is 408 g/mol. The SMILES string of the molecule is COc1cc2c(cc1O)CCN(Cc1cc(Br)c(OC)c(OC)c1)C2. The molecular weight excluding hydrogens is 386 g/mol. The number of aromatic hydroxyl groups is 1. The van der Waals surface area contributed by atoms with Gasteiger partial charge in [0.05, 0.1) is 25.8 Å². The number of nitrogens with zero attached hydrogens (tertiary/aromatic N) is 1. The van der Waals surface area contributed by atoms with Crippen LogP contribution in [0.3, 0.4) is 0 Å². The third kappa shape index (κ3) is 3.70. The van der Waals surface area contributed by atoms with Gasteiger partial charge in [-0.2, -0.15) is 0 Å². The molecule has 5 nitrogen and oxygen atoms in total. The van der Waals surface area contributed by atoms with Crippen LogP contribution in [0.2, 0.25) is 0 Å². The van der Waals surface area contributed by atoms with Gasteiger partial charge in [0.2, 0.25) is 0 Å². The minimum absolute atomic E-state index is 0.207. The Morgan fingerprint density at radius 3 is 2.44 bits per heavy atom. The first-order valence-electron chi connectivity index (χ1n) is 8.07. The third-order valence-corrected chi connectivity index (χ3v) is 5.08. The summed E-state index contributed by atoms with van der Waals surface area (Å²) >= 11 is 3.55. The van der Waals surface area contributed by atoms with Gasteiger partial charge in [0.25, 0.3) is 0 Å². The van der Waals surface area contributed by atoms with E-state index < -0.39 is 0 Å². The van der Waals surface area contributed by atoms with Crippen molar-refractivity contribution in [3.8, 4) is 23.0 Å². The lowest BCUT2D eigenvalue weighted by atomic mass is 9.98. The van der Waals surface area contributed by atoms with Crippen molar-refractivity contribution in [3.05, 3.63) is 45.4 Å². The van der Waals surface area contributed by atoms with Gasteiger partial charge in [0, 0.05) is 19.6 Å². The summed E-state index contributed by atoms with van der Waals surface area (Å²) in [6, 6.07) is 7.82. The zero-order chi connectivity index (χ0) is 18.0. The van der Waals surface area contributed by atoms with Crippen LogP contribution in [0, 0.1) is 0 Å². The Bertz CT molecular complexity index is 779. The van der Waals surface area contributed by atoms with E-state index >= 15 is 0 Å². The van der Waals surface area contributed by atoms with E-state index in [2.05, 4.69) is 26.9 Å². The summed E-state index contributed by atoms with van der Waals surface area (Å²) in [6.45, 7) is 2.56. The molecule has 1 N–H and O–H groups in total. The zero-order valence-corrected chi connectivity index (χ0v) is 16.2. The highest BCUT2D eigenvalue weighted by atomic mass is 79.9. The van der Waals surface area contributed by atoms with Gasteiger partial charge in [-0.1, -0.05) is 0 Å². The maximum Gasteiger partial charge on any atom is 0.174 e. The number of phenolic OH excluding ortho intramolecular Hbond substituents is 1. The quantitative estimate of drug-likeness (QED) is 0.817. The molecule has 0 saturated heterocycles. The Kier molecular flexibility index (Phi) is 5.39. The summed E-state index contributed by atoms with van der Waals surface area (Å²) in [6.07, 6.45) is 0.904. The van der Waals surface area contributed by atoms with E-state index in [4.69, 9.17) is 14.2 Å². The number of halogens is 1. The summed E-state index contributed by atoms with van der Waals surface area (Å²) in [5.41, 5.74) is 3.53. The number of methoxy groups -OCH3 is 3. The van der Waals surface area contributed by atoms with Crippen molar-refractivity contribution in [2.75, 3.05) is 27.9 Å². The van der Waals surface area contributed by atoms with Crippen LogP contribution < -0.4 is 14.2 Å². The smallest absolute Gasteiger partial charge is 0.174 e. The van der Waals surface area contributed by atoms with Crippen molar-refractivity contribution < 1.29 is 19.3 Å². The second kappa shape index (κ2) is 7.54. The van der Waals surface area contributed by atoms with Crippen molar-refractivity contribution in [3.63, 3.8) is 0 Å². The Hall–Kier alpha value is -1.92. The van der Waals surface area contributed by atoms with Gasteiger partial charge < -0.3 is 19.3 Å². The van der Waals surface area contributed by atoms with Gasteiger partial charge in [-0.15, -0.1) is 0 Å². The van der Waals surface area contributed by atoms with E-state index in [1.807, 2.05) is 18.2 Å². The maximum absolute atomic E-state index is 9.94. The molecule has 3 rings (SSSR count). The van der Waals surface area contributed by atoms with Crippen LogP contribution in [0.1, 0.15) is 16.7 Å². The van der Waals surface area contributed by atoms with Gasteiger partial charge in [0.15, 0.2) is 23.0 Å². The molecule has 1 aliphatic heterocycles. The molecular formula is C19H22BrNO4. The fourth-order valence-corrected chi connectivity index (χ4v) is 3.90. The fourth-order valence-electron chi connectivity index (χ4n) is 3.25. The lowest BCUT2D eigenvalue weighted by Crippen LogP contribution is -2.30. The van der Waals surface area contributed by atoms with Crippen molar-refractivity contribution in [1.29, 1.82) is 0 Å². The fraction of sp³-hybridized carbons (Fsp3) is 0.368. The molecule has 0 amide bonds. The molecule has 0 radical (unpaired) electrons. The molecule has 0 aliphatic carbocycles. The molecule has 1 aliphatic rings. The first-order valence-corrected chi connectivity index (χ1v) is 8.86. The predicted octanol–water partition coefficient (Wildman–Crippen LogP) is 3.74. The van der Waals surface area contributed by atoms with Crippen LogP contribution in [0.5, 0.6) is 23.0 Å². The van der Waals surface area contributed by atoms with Crippen LogP contribution >= 0.6 is 15.9 Å². The molecule has 0 aromatic heterocycles. The van der Waals surface area contributed by atoms with Crippen molar-refractivity contribution >= 4 is 15.9 Å². The largest absolute Gasteiger partial charge is 0.504 e. The first-order chi connectivity index (χ1) is 12.0. The summed E-state index contributed by atoms with van der Waals surface area (Å²) in [4.78, 5) is 2.37. The standard InChI is InChI=1S/C19H22BrNO4/c1-23-17-9-14-11-21(5-4-13(14)8-16(17)22)10-12-6-15(20)19(25-3)18(7-12)24-2/h6-9,22H,4-5,10-11H2,1-3H3. The van der Waals surface area contributed by atoms with Crippen LogP contribution in [-0.2, 0) is 19.5 Å². The number of hydrogen-bond donors (Lipinski definition) is 1. The number of rotatable bonds is 5. The summed E-state index contributed by atoms with van der Waals surface area (Å²) in [5.74, 6) is 2.15. The molecule has 1 heterocycles. The summed E-state index contributed by atoms with van der Waals surface area (Å²) < 4.78 is 16.9. The van der Waals surface area contributed by atoms with E-state index in [0.29, 0.717) is 11.5 Å². The molecule has 2 aromatic carbocycles. The minimum Gasteiger partial charge on any atom is -0.504 e. The second-order valence-electron chi connectivity index (χ2n) is 6.07. The lowest BCUT2D eigenvalue weighted by molar-refractivity contribution is 0.243. The molecule has 0 unspecified atom stereocenters. The maximum atomic E-state index is 9.94. The molecule has 0 bridgehead atoms. The van der Waals surface area contributed by atoms with Gasteiger partial charge in [0.1, 0.15) is 0 Å². The molecule has 0 saturated carbocycles. The molecule has 134 valence electrons. The number of hydrogen-bond acceptors (Lipinski definition) is 5. The molecule has 0 fully saturated rings. The zero-order valence-electron chi connectivity index (χ0n) is 14.6. The molecule has 25 heavy (non-hydrogen) atoms. The Morgan fingerprint density at radius 2 is 1.76 bits per heavy atom. The molecule has 0 spiro atoms. The van der Waals surface area contributed by atoms with E-state index in [9.17, 15) is 5.11 Å². The molecule has 2 aromatic rings. The Labute approximate surface area is 156 Å². The predicted molar refractivity (Wildman–Crippen MR) is 99.7 cm³/mol. The lowest BCUT2D eigenvalue weighted by Gasteiger charge is -2.29. The van der Waals surface area contributed by atoms with Crippen LogP contribution in [-0.4, -0.2) is 37.9 Å². The monoisotopic (exact) mass is 407 g/mol. The second-order valence-corrected chi connectivity index (χ2v) is 6.92. The van der Waals surface area contributed by atoms with Gasteiger partial charge in [-0.25, -0.2) is 0 Å². The number of benzene rings is 2. The van der Waals surface area contributed by atoms with E-state index in [1.165, 1.54) is 11.1 Å². The summed E-state index contributed by atoms with van der Waals surface area (Å²) in [7, 11) is 4.85. The topological polar surface area (TPSA) is 51.2 Å². The average Bonchev–Trinajstić information content (AvgIpc) is 2.60. The number of fused-ring (bicyclic) bond motifs is 1. The Balaban J connectivity index is 1.80. The molecule has 0 atom stereocenters. The first kappa shape index (κ1) is 17.9. The third-order valence-electron chi connectivity index (χ3n) is 4.49. The van der Waals surface area contributed by atoms with E-state index in [-0.39, 0.29) is 5.75 Å². The highest BCUT2D eigenvalue weighted by molar-refractivity contribution is 9.10. The highest BCUT2D eigenvalue weighted by Gasteiger charge is 2.20. The van der Waals surface area contributed by atoms with Crippen LogP contribution in [0.25, 0.3) is 0 Å². The van der Waals surface area contributed by atoms with Crippen LogP contribution in [0.4, 0.5) is 0 Å². The summed E-state index contributed by atoms with van der Waals surface area (Å²) in [5, 5.41) is 9.94. The number of ether oxygens (including phenoxy) is 3. The van der Waals surface area contributed by atoms with Gasteiger partial charge >= 0.3 is 0 Å². The normalized spacial score (nSPS) is 14.1. The molecule has 6 heteroatoms. The van der Waals surface area contributed by atoms with E-state index in [0.717, 1.165) is 41.8 Å². The van der Waals surface area contributed by atoms with E-state index in [1.54, 1.807) is 21.3 Å². The Morgan fingerprint density at radius 1 is 1.00 bits per heavy atom. The van der Waals surface area contributed by atoms with Crippen molar-refractivity contribution in [2.24, 2.45) is 0 Å². The van der Waals surface area contributed by atoms with Crippen LogP contribution in [0.15, 0.2) is 28.7 Å². The van der Waals surface area contributed by atoms with Crippen molar-refractivity contribution in [1.82, 2.24) is 4.90 Å². The number of phenols is 1. The van der Waals surface area contributed by atoms with Gasteiger partial charge in [-0.3, -0.25) is 4.90 Å². The minimum atomic E-state index is 0.207.